The summed E-state index contributed by atoms with van der Waals surface area (Å²) >= 11 is 0. The summed E-state index contributed by atoms with van der Waals surface area (Å²) in [6, 6.07) is 21.0. The van der Waals surface area contributed by atoms with Crippen molar-refractivity contribution in [2.24, 2.45) is 0 Å². The van der Waals surface area contributed by atoms with Gasteiger partial charge in [0, 0.05) is 0 Å². The number of hydrogen-bond donors (Lipinski definition) is 2. The molecule has 0 aliphatic rings. The zero-order valence-corrected chi connectivity index (χ0v) is 33.2. The van der Waals surface area contributed by atoms with E-state index in [4.69, 9.17) is 10.2 Å². The number of aromatic hydroxyl groups is 2. The molecule has 49 heavy (non-hydrogen) atoms. The molecule has 0 saturated carbocycles. The first-order valence-electron chi connectivity index (χ1n) is 15.7. The molecular formula is C40H52F6O2Zr. The van der Waals surface area contributed by atoms with E-state index < -0.39 is 23.5 Å². The minimum absolute atomic E-state index is 0. The molecule has 0 spiro atoms. The number of rotatable bonds is 0. The monoisotopic (exact) mass is 768 g/mol. The molecule has 0 aliphatic carbocycles. The number of phenolic OH excluding ortho intramolecular Hbond substituents is 2. The first-order valence-corrected chi connectivity index (χ1v) is 15.7. The van der Waals surface area contributed by atoms with E-state index >= 15 is 0 Å². The average molecular weight is 770 g/mol. The van der Waals surface area contributed by atoms with Crippen LogP contribution >= 0.6 is 0 Å². The summed E-state index contributed by atoms with van der Waals surface area (Å²) in [7, 11) is 0. The Kier molecular flexibility index (Phi) is 16.4. The van der Waals surface area contributed by atoms with E-state index in [-0.39, 0.29) is 59.4 Å². The van der Waals surface area contributed by atoms with E-state index in [1.807, 2.05) is 0 Å². The van der Waals surface area contributed by atoms with E-state index in [9.17, 15) is 26.3 Å². The number of halogens is 6. The topological polar surface area (TPSA) is 40.5 Å². The fraction of sp³-hybridized carbons (Fsp3) is 0.450. The Morgan fingerprint density at radius 3 is 0.796 bits per heavy atom. The SMILES string of the molecule is CC(C)(C)c1cc[c-](C(C)(C)C)c1.CC(C)(C)c1cc[c-](C(C)(C)C)c1.Oc1ccc(C(F)(F)F)cc1.Oc1ccc(C(F)(F)F)cc1.[Zr+2]. The van der Waals surface area contributed by atoms with Crippen LogP contribution in [-0.2, 0) is 60.2 Å². The Labute approximate surface area is 308 Å². The third kappa shape index (κ3) is 16.6. The van der Waals surface area contributed by atoms with Gasteiger partial charge in [0.25, 0.3) is 0 Å². The van der Waals surface area contributed by atoms with Crippen LogP contribution in [0.15, 0.2) is 84.9 Å². The second-order valence-electron chi connectivity index (χ2n) is 15.9. The number of benzene rings is 2. The summed E-state index contributed by atoms with van der Waals surface area (Å²) in [6.07, 6.45) is -8.65. The molecule has 0 fully saturated rings. The molecule has 0 bridgehead atoms. The molecule has 4 aromatic rings. The minimum Gasteiger partial charge on any atom is -0.508 e. The van der Waals surface area contributed by atoms with Crippen LogP contribution in [0.2, 0.25) is 0 Å². The molecule has 4 aromatic carbocycles. The maximum atomic E-state index is 11.8. The van der Waals surface area contributed by atoms with Gasteiger partial charge in [-0.15, -0.1) is 0 Å². The molecule has 4 rings (SSSR count). The first kappa shape index (κ1) is 46.2. The second-order valence-corrected chi connectivity index (χ2v) is 15.9. The molecule has 0 unspecified atom stereocenters. The normalized spacial score (nSPS) is 12.3. The molecule has 0 amide bonds. The van der Waals surface area contributed by atoms with E-state index in [1.165, 1.54) is 22.3 Å². The molecule has 0 saturated heterocycles. The van der Waals surface area contributed by atoms with Crippen LogP contribution in [0, 0.1) is 0 Å². The van der Waals surface area contributed by atoms with Gasteiger partial charge in [-0.25, -0.2) is 12.1 Å². The summed E-state index contributed by atoms with van der Waals surface area (Å²) < 4.78 is 71.0. The maximum Gasteiger partial charge on any atom is 2.00 e. The predicted octanol–water partition coefficient (Wildman–Crippen LogP) is 12.8. The van der Waals surface area contributed by atoms with Crippen LogP contribution in [0.1, 0.15) is 116 Å². The van der Waals surface area contributed by atoms with Gasteiger partial charge in [0.05, 0.1) is 11.1 Å². The molecule has 2 N–H and O–H groups in total. The molecule has 270 valence electrons. The van der Waals surface area contributed by atoms with Gasteiger partial charge in [-0.2, -0.15) is 72.9 Å². The number of hydrogen-bond acceptors (Lipinski definition) is 2. The van der Waals surface area contributed by atoms with E-state index in [0.29, 0.717) is 0 Å². The van der Waals surface area contributed by atoms with Crippen molar-refractivity contribution >= 4 is 0 Å². The van der Waals surface area contributed by atoms with Crippen LogP contribution in [0.3, 0.4) is 0 Å². The summed E-state index contributed by atoms with van der Waals surface area (Å²) in [5.74, 6) is -0.337. The van der Waals surface area contributed by atoms with Crippen molar-refractivity contribution < 1.29 is 62.8 Å². The van der Waals surface area contributed by atoms with Gasteiger partial charge in [-0.1, -0.05) is 105 Å². The van der Waals surface area contributed by atoms with E-state index in [1.54, 1.807) is 0 Å². The molecular weight excluding hydrogens is 718 g/mol. The van der Waals surface area contributed by atoms with Crippen molar-refractivity contribution in [2.75, 3.05) is 0 Å². The average Bonchev–Trinajstić information content (AvgIpc) is 3.60. The van der Waals surface area contributed by atoms with Crippen LogP contribution < -0.4 is 0 Å². The smallest absolute Gasteiger partial charge is 0.508 e. The number of alkyl halides is 6. The Hall–Kier alpha value is -2.80. The summed E-state index contributed by atoms with van der Waals surface area (Å²) in [5, 5.41) is 17.3. The Morgan fingerprint density at radius 2 is 0.653 bits per heavy atom. The summed E-state index contributed by atoms with van der Waals surface area (Å²) in [4.78, 5) is 0. The largest absolute Gasteiger partial charge is 2.00 e. The van der Waals surface area contributed by atoms with Crippen LogP contribution in [-0.4, -0.2) is 10.2 Å². The second kappa shape index (κ2) is 17.4. The molecule has 2 nitrogen and oxygen atoms in total. The zero-order valence-electron chi connectivity index (χ0n) is 30.7. The van der Waals surface area contributed by atoms with Crippen molar-refractivity contribution in [3.8, 4) is 11.5 Å². The fourth-order valence-corrected chi connectivity index (χ4v) is 4.05. The maximum absolute atomic E-state index is 11.8. The zero-order chi connectivity index (χ0) is 37.5. The van der Waals surface area contributed by atoms with Gasteiger partial charge >= 0.3 is 38.6 Å². The molecule has 0 radical (unpaired) electrons. The standard InChI is InChI=1S/2C13H21.2C7H5F3O.Zr/c2*1-12(2,3)10-7-8-11(9-10)13(4,5)6;2*8-7(9,10)5-1-3-6(11)4-2-5;/h2*7-9H,1-6H3;2*1-4,11H;/q2*-1;;;+2. The van der Waals surface area contributed by atoms with Crippen molar-refractivity contribution in [1.29, 1.82) is 0 Å². The Balaban J connectivity index is 0.000000625. The quantitative estimate of drug-likeness (QED) is 0.138. The first-order chi connectivity index (χ1) is 21.4. The van der Waals surface area contributed by atoms with Gasteiger partial charge < -0.3 is 10.2 Å². The number of phenols is 2. The van der Waals surface area contributed by atoms with E-state index in [2.05, 4.69) is 119 Å². The van der Waals surface area contributed by atoms with Crippen molar-refractivity contribution in [1.82, 2.24) is 0 Å². The van der Waals surface area contributed by atoms with Crippen molar-refractivity contribution in [3.05, 3.63) is 118 Å². The van der Waals surface area contributed by atoms with Crippen LogP contribution in [0.25, 0.3) is 0 Å². The summed E-state index contributed by atoms with van der Waals surface area (Å²) in [6.45, 7) is 27.1. The van der Waals surface area contributed by atoms with E-state index in [0.717, 1.165) is 48.5 Å². The van der Waals surface area contributed by atoms with Crippen LogP contribution in [0.4, 0.5) is 26.3 Å². The van der Waals surface area contributed by atoms with Crippen molar-refractivity contribution in [3.63, 3.8) is 0 Å². The van der Waals surface area contributed by atoms with Gasteiger partial charge in [0.15, 0.2) is 0 Å². The van der Waals surface area contributed by atoms with Crippen molar-refractivity contribution in [2.45, 2.75) is 117 Å². The Morgan fingerprint density at radius 1 is 0.408 bits per heavy atom. The third-order valence-corrected chi connectivity index (χ3v) is 7.36. The molecule has 0 heterocycles. The van der Waals surface area contributed by atoms with Gasteiger partial charge in [0.1, 0.15) is 11.5 Å². The Bertz CT molecular complexity index is 1340. The van der Waals surface area contributed by atoms with Gasteiger partial charge in [0.2, 0.25) is 0 Å². The fourth-order valence-electron chi connectivity index (χ4n) is 4.05. The predicted molar refractivity (Wildman–Crippen MR) is 185 cm³/mol. The minimum atomic E-state index is -4.33. The molecule has 9 heteroatoms. The third-order valence-electron chi connectivity index (χ3n) is 7.36. The van der Waals surface area contributed by atoms with Gasteiger partial charge in [-0.05, 0) is 48.5 Å². The molecule has 0 atom stereocenters. The van der Waals surface area contributed by atoms with Crippen LogP contribution in [0.5, 0.6) is 11.5 Å². The molecule has 0 aliphatic heterocycles. The molecule has 0 aromatic heterocycles. The van der Waals surface area contributed by atoms with Gasteiger partial charge in [-0.3, -0.25) is 0 Å². The summed E-state index contributed by atoms with van der Waals surface area (Å²) in [5.41, 5.74) is 5.38.